The first-order valence-electron chi connectivity index (χ1n) is 6.61. The van der Waals surface area contributed by atoms with E-state index in [1.165, 1.54) is 0 Å². The Labute approximate surface area is 122 Å². The molecular weight excluding hydrogens is 276 g/mol. The van der Waals surface area contributed by atoms with E-state index in [0.29, 0.717) is 5.02 Å². The molecule has 1 saturated heterocycles. The van der Waals surface area contributed by atoms with E-state index in [1.54, 1.807) is 12.3 Å². The zero-order chi connectivity index (χ0) is 14.3. The number of carboxylic acid groups (broad SMARTS) is 1. The number of carboxylic acids is 1. The molecule has 2 aromatic rings. The van der Waals surface area contributed by atoms with Crippen molar-refractivity contribution < 1.29 is 9.90 Å². The average molecular weight is 291 g/mol. The zero-order valence-corrected chi connectivity index (χ0v) is 11.8. The van der Waals surface area contributed by atoms with E-state index in [4.69, 9.17) is 11.6 Å². The van der Waals surface area contributed by atoms with E-state index in [0.717, 1.165) is 29.6 Å². The van der Waals surface area contributed by atoms with E-state index in [2.05, 4.69) is 4.98 Å². The Hall–Kier alpha value is -1.81. The van der Waals surface area contributed by atoms with Gasteiger partial charge in [-0.1, -0.05) is 18.5 Å². The van der Waals surface area contributed by atoms with Crippen molar-refractivity contribution in [2.24, 2.45) is 5.92 Å². The molecule has 0 amide bonds. The first kappa shape index (κ1) is 13.2. The van der Waals surface area contributed by atoms with Crippen LogP contribution in [0.15, 0.2) is 30.5 Å². The Balaban J connectivity index is 2.12. The molecule has 4 nitrogen and oxygen atoms in total. The molecule has 2 heterocycles. The number of carbonyl (C=O) groups is 1. The predicted molar refractivity (Wildman–Crippen MR) is 79.3 cm³/mol. The van der Waals surface area contributed by atoms with Crippen LogP contribution < -0.4 is 4.90 Å². The smallest absolute Gasteiger partial charge is 0.326 e. The number of pyridine rings is 1. The highest BCUT2D eigenvalue weighted by molar-refractivity contribution is 6.31. The van der Waals surface area contributed by atoms with Crippen LogP contribution in [0.5, 0.6) is 0 Å². The summed E-state index contributed by atoms with van der Waals surface area (Å²) < 4.78 is 0. The Morgan fingerprint density at radius 1 is 1.45 bits per heavy atom. The van der Waals surface area contributed by atoms with Crippen molar-refractivity contribution in [3.63, 3.8) is 0 Å². The first-order valence-corrected chi connectivity index (χ1v) is 6.99. The maximum Gasteiger partial charge on any atom is 0.326 e. The number of nitrogens with zero attached hydrogens (tertiary/aromatic N) is 2. The van der Waals surface area contributed by atoms with Crippen LogP contribution in [0.3, 0.4) is 0 Å². The summed E-state index contributed by atoms with van der Waals surface area (Å²) in [6.07, 6.45) is 2.59. The minimum Gasteiger partial charge on any atom is -0.480 e. The van der Waals surface area contributed by atoms with Gasteiger partial charge in [-0.05, 0) is 36.6 Å². The Kier molecular flexibility index (Phi) is 3.26. The molecular formula is C15H15ClN2O2. The van der Waals surface area contributed by atoms with Gasteiger partial charge in [0.05, 0.1) is 5.52 Å². The number of aromatic nitrogens is 1. The Bertz CT molecular complexity index is 674. The van der Waals surface area contributed by atoms with E-state index < -0.39 is 12.0 Å². The SMILES string of the molecule is CC1CCN(c2ccnc3cc(Cl)ccc23)C1C(=O)O. The third-order valence-electron chi connectivity index (χ3n) is 3.94. The quantitative estimate of drug-likeness (QED) is 0.923. The van der Waals surface area contributed by atoms with Gasteiger partial charge in [0, 0.05) is 28.8 Å². The van der Waals surface area contributed by atoms with Gasteiger partial charge in [0.15, 0.2) is 0 Å². The molecule has 0 aliphatic carbocycles. The minimum atomic E-state index is -0.770. The normalized spacial score (nSPS) is 22.4. The summed E-state index contributed by atoms with van der Waals surface area (Å²) in [6, 6.07) is 6.92. The second-order valence-corrected chi connectivity index (χ2v) is 5.67. The molecule has 3 rings (SSSR count). The number of anilines is 1. The van der Waals surface area contributed by atoms with Gasteiger partial charge in [0.1, 0.15) is 6.04 Å². The lowest BCUT2D eigenvalue weighted by molar-refractivity contribution is -0.139. The summed E-state index contributed by atoms with van der Waals surface area (Å²) in [5.74, 6) is -0.628. The lowest BCUT2D eigenvalue weighted by Crippen LogP contribution is -2.39. The van der Waals surface area contributed by atoms with Crippen LogP contribution in [-0.4, -0.2) is 28.6 Å². The van der Waals surface area contributed by atoms with Crippen molar-refractivity contribution in [3.05, 3.63) is 35.5 Å². The Morgan fingerprint density at radius 3 is 3.00 bits per heavy atom. The third kappa shape index (κ3) is 2.10. The number of aliphatic carboxylic acids is 1. The van der Waals surface area contributed by atoms with Gasteiger partial charge < -0.3 is 10.0 Å². The number of rotatable bonds is 2. The van der Waals surface area contributed by atoms with Gasteiger partial charge in [0.2, 0.25) is 0 Å². The second-order valence-electron chi connectivity index (χ2n) is 5.23. The van der Waals surface area contributed by atoms with Crippen molar-refractivity contribution in [2.45, 2.75) is 19.4 Å². The standard InChI is InChI=1S/C15H15ClN2O2/c1-9-5-7-18(14(9)15(19)20)13-4-6-17-12-8-10(16)2-3-11(12)13/h2-4,6,8-9,14H,5,7H2,1H3,(H,19,20). The lowest BCUT2D eigenvalue weighted by atomic mass is 10.0. The molecule has 0 bridgehead atoms. The Morgan fingerprint density at radius 2 is 2.25 bits per heavy atom. The van der Waals surface area contributed by atoms with E-state index in [9.17, 15) is 9.90 Å². The predicted octanol–water partition coefficient (Wildman–Crippen LogP) is 3.19. The summed E-state index contributed by atoms with van der Waals surface area (Å²) >= 11 is 5.99. The van der Waals surface area contributed by atoms with Crippen LogP contribution in [0, 0.1) is 5.92 Å². The molecule has 0 radical (unpaired) electrons. The van der Waals surface area contributed by atoms with Gasteiger partial charge in [-0.3, -0.25) is 4.98 Å². The number of hydrogen-bond acceptors (Lipinski definition) is 3. The van der Waals surface area contributed by atoms with E-state index in [1.807, 2.05) is 30.0 Å². The summed E-state index contributed by atoms with van der Waals surface area (Å²) in [5.41, 5.74) is 1.71. The number of hydrogen-bond donors (Lipinski definition) is 1. The molecule has 1 fully saturated rings. The van der Waals surface area contributed by atoms with Gasteiger partial charge in [-0.2, -0.15) is 0 Å². The molecule has 1 N–H and O–H groups in total. The van der Waals surface area contributed by atoms with Crippen LogP contribution in [0.25, 0.3) is 10.9 Å². The molecule has 0 spiro atoms. The van der Waals surface area contributed by atoms with E-state index >= 15 is 0 Å². The molecule has 2 unspecified atom stereocenters. The van der Waals surface area contributed by atoms with Gasteiger partial charge >= 0.3 is 5.97 Å². The fourth-order valence-electron chi connectivity index (χ4n) is 2.95. The second kappa shape index (κ2) is 4.94. The maximum absolute atomic E-state index is 11.5. The summed E-state index contributed by atoms with van der Waals surface area (Å²) in [4.78, 5) is 17.8. The largest absolute Gasteiger partial charge is 0.480 e. The maximum atomic E-state index is 11.5. The number of halogens is 1. The monoisotopic (exact) mass is 290 g/mol. The highest BCUT2D eigenvalue weighted by Gasteiger charge is 2.37. The fraction of sp³-hybridized carbons (Fsp3) is 0.333. The minimum absolute atomic E-state index is 0.142. The van der Waals surface area contributed by atoms with Crippen LogP contribution in [-0.2, 0) is 4.79 Å². The molecule has 1 aromatic heterocycles. The van der Waals surface area contributed by atoms with Crippen molar-refractivity contribution >= 4 is 34.2 Å². The van der Waals surface area contributed by atoms with Crippen LogP contribution in [0.2, 0.25) is 5.02 Å². The number of benzene rings is 1. The van der Waals surface area contributed by atoms with Crippen LogP contribution in [0.4, 0.5) is 5.69 Å². The van der Waals surface area contributed by atoms with Crippen LogP contribution in [0.1, 0.15) is 13.3 Å². The highest BCUT2D eigenvalue weighted by atomic mass is 35.5. The molecule has 1 aliphatic rings. The zero-order valence-electron chi connectivity index (χ0n) is 11.1. The molecule has 1 aromatic carbocycles. The van der Waals surface area contributed by atoms with E-state index in [-0.39, 0.29) is 5.92 Å². The highest BCUT2D eigenvalue weighted by Crippen LogP contribution is 2.34. The van der Waals surface area contributed by atoms with Crippen molar-refractivity contribution in [3.8, 4) is 0 Å². The summed E-state index contributed by atoms with van der Waals surface area (Å²) in [5, 5.41) is 11.0. The first-order chi connectivity index (χ1) is 9.58. The summed E-state index contributed by atoms with van der Waals surface area (Å²) in [6.45, 7) is 2.74. The van der Waals surface area contributed by atoms with Gasteiger partial charge in [-0.15, -0.1) is 0 Å². The lowest BCUT2D eigenvalue weighted by Gasteiger charge is -2.26. The average Bonchev–Trinajstić information content (AvgIpc) is 2.79. The van der Waals surface area contributed by atoms with Crippen molar-refractivity contribution in [1.29, 1.82) is 0 Å². The van der Waals surface area contributed by atoms with Crippen molar-refractivity contribution in [2.75, 3.05) is 11.4 Å². The number of fused-ring (bicyclic) bond motifs is 1. The molecule has 2 atom stereocenters. The van der Waals surface area contributed by atoms with Crippen LogP contribution >= 0.6 is 11.6 Å². The van der Waals surface area contributed by atoms with Crippen molar-refractivity contribution in [1.82, 2.24) is 4.98 Å². The molecule has 0 saturated carbocycles. The fourth-order valence-corrected chi connectivity index (χ4v) is 3.12. The van der Waals surface area contributed by atoms with Gasteiger partial charge in [-0.25, -0.2) is 4.79 Å². The van der Waals surface area contributed by atoms with Gasteiger partial charge in [0.25, 0.3) is 0 Å². The molecule has 20 heavy (non-hydrogen) atoms. The summed E-state index contributed by atoms with van der Waals surface area (Å²) in [7, 11) is 0. The topological polar surface area (TPSA) is 53.4 Å². The molecule has 1 aliphatic heterocycles. The third-order valence-corrected chi connectivity index (χ3v) is 4.18. The molecule has 5 heteroatoms. The molecule has 104 valence electrons.